The van der Waals surface area contributed by atoms with E-state index in [0.717, 1.165) is 5.69 Å². The summed E-state index contributed by atoms with van der Waals surface area (Å²) in [6, 6.07) is 3.20. The number of carbonyl (C=O) groups is 1. The predicted molar refractivity (Wildman–Crippen MR) is 74.6 cm³/mol. The van der Waals surface area contributed by atoms with Gasteiger partial charge in [0.05, 0.1) is 17.8 Å². The molecule has 0 amide bonds. The van der Waals surface area contributed by atoms with Crippen LogP contribution in [-0.4, -0.2) is 29.8 Å². The van der Waals surface area contributed by atoms with Crippen LogP contribution in [0.1, 0.15) is 43.7 Å². The summed E-state index contributed by atoms with van der Waals surface area (Å²) in [5, 5.41) is 0.303. The first-order valence-corrected chi connectivity index (χ1v) is 6.67. The largest absolute Gasteiger partial charge is 0.460 e. The van der Waals surface area contributed by atoms with Crippen molar-refractivity contribution in [3.63, 3.8) is 0 Å². The van der Waals surface area contributed by atoms with E-state index in [1.165, 1.54) is 6.07 Å². The Bertz CT molecular complexity index is 441. The predicted octanol–water partition coefficient (Wildman–Crippen LogP) is 3.27. The molecule has 19 heavy (non-hydrogen) atoms. The molecule has 0 aliphatic rings. The number of carbonyl (C=O) groups excluding carboxylic acids is 1. The molecule has 1 rings (SSSR count). The molecule has 0 radical (unpaired) electrons. The van der Waals surface area contributed by atoms with E-state index in [2.05, 4.69) is 4.98 Å². The number of hydrogen-bond donors (Lipinski definition) is 0. The van der Waals surface area contributed by atoms with E-state index in [1.54, 1.807) is 6.07 Å². The standard InChI is InChI=1S/C14H20ClNO3/c1-5-11-8-10(9-12(15)16-11)13(17)18-6-7-19-14(2,3)4/h8-9H,5-7H2,1-4H3. The Morgan fingerprint density at radius 1 is 1.32 bits per heavy atom. The lowest BCUT2D eigenvalue weighted by Gasteiger charge is -2.19. The molecule has 1 heterocycles. The molecule has 0 aliphatic carbocycles. The average molecular weight is 286 g/mol. The molecular weight excluding hydrogens is 266 g/mol. The average Bonchev–Trinajstić information content (AvgIpc) is 2.32. The zero-order chi connectivity index (χ0) is 14.5. The maximum atomic E-state index is 11.8. The van der Waals surface area contributed by atoms with E-state index in [0.29, 0.717) is 23.7 Å². The van der Waals surface area contributed by atoms with Gasteiger partial charge in [-0.1, -0.05) is 18.5 Å². The van der Waals surface area contributed by atoms with Gasteiger partial charge in [0.15, 0.2) is 0 Å². The van der Waals surface area contributed by atoms with Crippen LogP contribution in [0.4, 0.5) is 0 Å². The monoisotopic (exact) mass is 285 g/mol. The molecular formula is C14H20ClNO3. The Hall–Kier alpha value is -1.13. The maximum Gasteiger partial charge on any atom is 0.338 e. The van der Waals surface area contributed by atoms with Gasteiger partial charge in [0.1, 0.15) is 11.8 Å². The summed E-state index contributed by atoms with van der Waals surface area (Å²) in [5.41, 5.74) is 0.958. The van der Waals surface area contributed by atoms with E-state index in [9.17, 15) is 4.79 Å². The summed E-state index contributed by atoms with van der Waals surface area (Å²) in [7, 11) is 0. The number of hydrogen-bond acceptors (Lipinski definition) is 4. The Labute approximate surface area is 119 Å². The molecule has 0 spiro atoms. The van der Waals surface area contributed by atoms with E-state index < -0.39 is 5.97 Å². The minimum Gasteiger partial charge on any atom is -0.460 e. The Morgan fingerprint density at radius 2 is 2.00 bits per heavy atom. The van der Waals surface area contributed by atoms with Gasteiger partial charge in [-0.25, -0.2) is 9.78 Å². The highest BCUT2D eigenvalue weighted by Crippen LogP contribution is 2.13. The molecule has 0 fully saturated rings. The fraction of sp³-hybridized carbons (Fsp3) is 0.571. The van der Waals surface area contributed by atoms with Crippen molar-refractivity contribution in [2.75, 3.05) is 13.2 Å². The minimum atomic E-state index is -0.406. The number of pyridine rings is 1. The van der Waals surface area contributed by atoms with Crippen LogP contribution >= 0.6 is 11.6 Å². The van der Waals surface area contributed by atoms with Crippen LogP contribution in [0.25, 0.3) is 0 Å². The lowest BCUT2D eigenvalue weighted by molar-refractivity contribution is -0.0281. The summed E-state index contributed by atoms with van der Waals surface area (Å²) >= 11 is 5.85. The Morgan fingerprint density at radius 3 is 2.58 bits per heavy atom. The zero-order valence-electron chi connectivity index (χ0n) is 11.8. The summed E-state index contributed by atoms with van der Waals surface area (Å²) < 4.78 is 10.6. The van der Waals surface area contributed by atoms with Crippen molar-refractivity contribution in [3.05, 3.63) is 28.5 Å². The number of aromatic nitrogens is 1. The van der Waals surface area contributed by atoms with Crippen LogP contribution in [0, 0.1) is 0 Å². The SMILES string of the molecule is CCc1cc(C(=O)OCCOC(C)(C)C)cc(Cl)n1. The normalized spacial score (nSPS) is 11.4. The highest BCUT2D eigenvalue weighted by Gasteiger charge is 2.12. The van der Waals surface area contributed by atoms with Crippen molar-refractivity contribution in [2.45, 2.75) is 39.7 Å². The van der Waals surface area contributed by atoms with Gasteiger partial charge in [-0.3, -0.25) is 0 Å². The second-order valence-electron chi connectivity index (χ2n) is 5.12. The van der Waals surface area contributed by atoms with E-state index in [1.807, 2.05) is 27.7 Å². The third kappa shape index (κ3) is 6.03. The first-order valence-electron chi connectivity index (χ1n) is 6.29. The number of halogens is 1. The van der Waals surface area contributed by atoms with Crippen molar-refractivity contribution in [1.82, 2.24) is 4.98 Å². The highest BCUT2D eigenvalue weighted by atomic mass is 35.5. The molecule has 106 valence electrons. The lowest BCUT2D eigenvalue weighted by Crippen LogP contribution is -2.22. The second-order valence-corrected chi connectivity index (χ2v) is 5.51. The van der Waals surface area contributed by atoms with Gasteiger partial charge in [0.25, 0.3) is 0 Å². The molecule has 0 aromatic carbocycles. The summed E-state index contributed by atoms with van der Waals surface area (Å²) in [5.74, 6) is -0.406. The molecule has 4 nitrogen and oxygen atoms in total. The van der Waals surface area contributed by atoms with Crippen molar-refractivity contribution in [1.29, 1.82) is 0 Å². The molecule has 1 aromatic heterocycles. The first kappa shape index (κ1) is 15.9. The fourth-order valence-corrected chi connectivity index (χ4v) is 1.64. The van der Waals surface area contributed by atoms with Gasteiger partial charge >= 0.3 is 5.97 Å². The van der Waals surface area contributed by atoms with Crippen molar-refractivity contribution in [3.8, 4) is 0 Å². The quantitative estimate of drug-likeness (QED) is 0.473. The van der Waals surface area contributed by atoms with Crippen LogP contribution in [0.3, 0.4) is 0 Å². The minimum absolute atomic E-state index is 0.220. The van der Waals surface area contributed by atoms with Crippen molar-refractivity contribution >= 4 is 17.6 Å². The van der Waals surface area contributed by atoms with E-state index in [-0.39, 0.29) is 12.2 Å². The van der Waals surface area contributed by atoms with Crippen LogP contribution < -0.4 is 0 Å². The highest BCUT2D eigenvalue weighted by molar-refractivity contribution is 6.29. The molecule has 0 saturated carbocycles. The summed E-state index contributed by atoms with van der Waals surface area (Å²) in [4.78, 5) is 15.9. The Kier molecular flexibility index (Phi) is 5.76. The first-order chi connectivity index (χ1) is 8.81. The smallest absolute Gasteiger partial charge is 0.338 e. The number of esters is 1. The molecule has 0 bridgehead atoms. The van der Waals surface area contributed by atoms with Gasteiger partial charge < -0.3 is 9.47 Å². The van der Waals surface area contributed by atoms with Gasteiger partial charge in [0.2, 0.25) is 0 Å². The molecule has 0 aliphatic heterocycles. The van der Waals surface area contributed by atoms with Crippen LogP contribution in [-0.2, 0) is 15.9 Å². The third-order valence-corrected chi connectivity index (χ3v) is 2.49. The summed E-state index contributed by atoms with van der Waals surface area (Å²) in [6.45, 7) is 8.39. The molecule has 0 atom stereocenters. The number of ether oxygens (including phenoxy) is 2. The third-order valence-electron chi connectivity index (χ3n) is 2.30. The second kappa shape index (κ2) is 6.87. The van der Waals surface area contributed by atoms with Gasteiger partial charge in [0, 0.05) is 5.69 Å². The van der Waals surface area contributed by atoms with Crippen LogP contribution in [0.15, 0.2) is 12.1 Å². The molecule has 1 aromatic rings. The van der Waals surface area contributed by atoms with Gasteiger partial charge in [-0.2, -0.15) is 0 Å². The van der Waals surface area contributed by atoms with Crippen LogP contribution in [0.2, 0.25) is 5.15 Å². The Balaban J connectivity index is 2.52. The number of aryl methyl sites for hydroxylation is 1. The lowest BCUT2D eigenvalue weighted by atomic mass is 10.2. The van der Waals surface area contributed by atoms with Crippen molar-refractivity contribution in [2.24, 2.45) is 0 Å². The fourth-order valence-electron chi connectivity index (χ4n) is 1.42. The molecule has 0 N–H and O–H groups in total. The number of rotatable bonds is 5. The zero-order valence-corrected chi connectivity index (χ0v) is 12.6. The maximum absolute atomic E-state index is 11.8. The van der Waals surface area contributed by atoms with Crippen molar-refractivity contribution < 1.29 is 14.3 Å². The molecule has 5 heteroatoms. The van der Waals surface area contributed by atoms with Crippen LogP contribution in [0.5, 0.6) is 0 Å². The topological polar surface area (TPSA) is 48.4 Å². The number of nitrogens with zero attached hydrogens (tertiary/aromatic N) is 1. The van der Waals surface area contributed by atoms with Gasteiger partial charge in [-0.05, 0) is 39.3 Å². The van der Waals surface area contributed by atoms with E-state index in [4.69, 9.17) is 21.1 Å². The molecule has 0 saturated heterocycles. The summed E-state index contributed by atoms with van der Waals surface area (Å²) in [6.07, 6.45) is 0.716. The van der Waals surface area contributed by atoms with E-state index >= 15 is 0 Å². The van der Waals surface area contributed by atoms with Gasteiger partial charge in [-0.15, -0.1) is 0 Å². The molecule has 0 unspecified atom stereocenters.